The summed E-state index contributed by atoms with van der Waals surface area (Å²) in [5.74, 6) is 0. The Morgan fingerprint density at radius 3 is 0.487 bits per heavy atom. The van der Waals surface area contributed by atoms with Gasteiger partial charge < -0.3 is 9.88 Å². The zero-order valence-electron chi connectivity index (χ0n) is 44.9. The number of rotatable bonds is 2. The van der Waals surface area contributed by atoms with Crippen molar-refractivity contribution in [3.05, 3.63) is 54.9 Å². The molecule has 0 spiro atoms. The molecule has 0 N–H and O–H groups in total. The molecule has 1 heterocycles. The maximum Gasteiger partial charge on any atom is 0.00730 e. The second kappa shape index (κ2) is 397. The molecule has 0 aliphatic heterocycles. The van der Waals surface area contributed by atoms with Crippen LogP contribution in [0.3, 0.4) is 0 Å². The summed E-state index contributed by atoms with van der Waals surface area (Å²) in [5.41, 5.74) is 1.95. The normalized spacial score (nSPS) is 1.76. The molecule has 0 amide bonds. The molecular formula is C12H10N2Y64-2. The van der Waals surface area contributed by atoms with Gasteiger partial charge >= 0.3 is 0 Å². The van der Waals surface area contributed by atoms with Crippen molar-refractivity contribution in [3.63, 3.8) is 0 Å². The Hall–Kier alpha value is 68.8. The molecule has 2 aromatic rings. The third-order valence-electron chi connectivity index (χ3n) is 2.00. The minimum Gasteiger partial charge on any atom is -0.389 e. The van der Waals surface area contributed by atoms with Crippen molar-refractivity contribution < 1.29 is 2090 Å². The fourth-order valence-corrected chi connectivity index (χ4v) is 1.22. The molecule has 0 saturated heterocycles. The van der Waals surface area contributed by atoms with Gasteiger partial charge in [-0.1, -0.05) is 23.8 Å². The third kappa shape index (κ3) is 348. The SMILES string of the molecule is CN(c1[c-]cccc1)c1[c-]ccnc1.[Y].[Y].[Y].[Y].[Y].[Y].[Y].[Y].[Y].[Y].[Y].[Y].[Y].[Y].[Y].[Y].[Y].[Y].[Y].[Y].[Y].[Y].[Y].[Y].[Y].[Y].[Y].[Y].[Y].[Y].[Y].[Y].[Y].[Y].[Y].[Y].[Y].[Y].[Y].[Y].[Y].[Y].[Y].[Y].[Y].[Y].[Y].[Y].[Y].[Y].[Y].[Y].[Y].[Y].[Y].[Y].[Y].[Y].[Y].[Y].[Y].[Y].[Y].[Y]. The van der Waals surface area contributed by atoms with Gasteiger partial charge in [-0.05, 0) is 0 Å². The van der Waals surface area contributed by atoms with Crippen molar-refractivity contribution in [1.29, 1.82) is 0 Å². The maximum atomic E-state index is 4.04. The zero-order valence-corrected chi connectivity index (χ0v) is 227. The maximum absolute atomic E-state index is 4.04. The minimum absolute atomic E-state index is 0. The summed E-state index contributed by atoms with van der Waals surface area (Å²) in [6, 6.07) is 15.9. The smallest absolute Gasteiger partial charge is 0.00730 e. The van der Waals surface area contributed by atoms with Gasteiger partial charge in [0.05, 0.1) is 0 Å². The molecule has 0 fully saturated rings. The molecule has 1 aromatic heterocycles. The molecule has 0 atom stereocenters. The minimum atomic E-state index is 0. The average Bonchev–Trinajstić information content (AvgIpc) is 2.30. The first kappa shape index (κ1) is 444. The number of hydrogen-bond donors (Lipinski definition) is 0. The summed E-state index contributed by atoms with van der Waals surface area (Å²) in [6.07, 6.45) is 3.49. The largest absolute Gasteiger partial charge is 0.389 e. The number of nitrogens with zero attached hydrogens (tertiary/aromatic N) is 2. The monoisotopic (exact) mass is 5870 g/mol. The van der Waals surface area contributed by atoms with E-state index in [4.69, 9.17) is 0 Å². The van der Waals surface area contributed by atoms with Crippen LogP contribution in [0.5, 0.6) is 0 Å². The zero-order chi connectivity index (χ0) is 9.80. The van der Waals surface area contributed by atoms with Gasteiger partial charge in [-0.25, -0.2) is 0 Å². The van der Waals surface area contributed by atoms with Gasteiger partial charge in [0.15, 0.2) is 0 Å². The predicted octanol–water partition coefficient (Wildman–Crippen LogP) is 2.29. The second-order valence-electron chi connectivity index (χ2n) is 2.93. The molecule has 0 bridgehead atoms. The van der Waals surface area contributed by atoms with Gasteiger partial charge in [0, 0.05) is 2100 Å². The summed E-state index contributed by atoms with van der Waals surface area (Å²) >= 11 is 0. The molecule has 0 aliphatic rings. The predicted molar refractivity (Wildman–Crippen MR) is 56.4 cm³/mol. The fourth-order valence-electron chi connectivity index (χ4n) is 1.22. The van der Waals surface area contributed by atoms with Gasteiger partial charge in [0.2, 0.25) is 0 Å². The van der Waals surface area contributed by atoms with Crippen LogP contribution in [0.25, 0.3) is 0 Å². The van der Waals surface area contributed by atoms with Gasteiger partial charge in [-0.15, -0.1) is 6.07 Å². The Labute approximate surface area is 2090 Å². The van der Waals surface area contributed by atoms with Crippen molar-refractivity contribution in [2.24, 2.45) is 0 Å². The van der Waals surface area contributed by atoms with Crippen molar-refractivity contribution in [3.8, 4) is 0 Å². The van der Waals surface area contributed by atoms with Crippen molar-refractivity contribution in [2.75, 3.05) is 11.9 Å². The first-order chi connectivity index (χ1) is 6.88. The van der Waals surface area contributed by atoms with E-state index < -0.39 is 0 Å². The second-order valence-corrected chi connectivity index (χ2v) is 2.93. The summed E-state index contributed by atoms with van der Waals surface area (Å²) in [4.78, 5) is 6.04. The number of para-hydroxylation sites is 1. The Kier molecular flexibility index (Phi) is 2260. The molecule has 64 radical (unpaired) electrons. The molecule has 0 aliphatic carbocycles. The van der Waals surface area contributed by atoms with Crippen LogP contribution < -0.4 is 4.90 Å². The summed E-state index contributed by atoms with van der Waals surface area (Å²) in [5, 5.41) is 0. The van der Waals surface area contributed by atoms with E-state index in [0.717, 1.165) is 11.4 Å². The molecule has 66 heteroatoms. The molecule has 0 saturated carbocycles. The van der Waals surface area contributed by atoms with Crippen LogP contribution in [0, 0.1) is 12.1 Å². The molecule has 78 heavy (non-hydrogen) atoms. The van der Waals surface area contributed by atoms with Gasteiger partial charge in [-0.2, -0.15) is 36.4 Å². The quantitative estimate of drug-likeness (QED) is 0.430. The topological polar surface area (TPSA) is 16.1 Å². The first-order valence-corrected chi connectivity index (χ1v) is 4.40. The number of pyridine rings is 1. The van der Waals surface area contributed by atoms with Crippen molar-refractivity contribution >= 4 is 11.4 Å². The van der Waals surface area contributed by atoms with E-state index in [2.05, 4.69) is 17.1 Å². The van der Waals surface area contributed by atoms with Gasteiger partial charge in [0.25, 0.3) is 0 Å². The Morgan fingerprint density at radius 1 is 0.218 bits per heavy atom. The van der Waals surface area contributed by atoms with Crippen LogP contribution >= 0.6 is 0 Å². The number of aromatic nitrogens is 1. The van der Waals surface area contributed by atoms with E-state index in [-0.39, 0.29) is 2090 Å². The van der Waals surface area contributed by atoms with Crippen LogP contribution in [-0.2, 0) is 2090 Å². The number of benzene rings is 1. The number of anilines is 2. The molecule has 1 aromatic carbocycles. The van der Waals surface area contributed by atoms with E-state index in [9.17, 15) is 0 Å². The fraction of sp³-hybridized carbons (Fsp3) is 0.0833. The van der Waals surface area contributed by atoms with E-state index in [0.29, 0.717) is 0 Å². The summed E-state index contributed by atoms with van der Waals surface area (Å²) in [7, 11) is 1.97. The van der Waals surface area contributed by atoms with Crippen LogP contribution in [-0.4, -0.2) is 12.0 Å². The molecular weight excluding hydrogens is 5860 g/mol. The van der Waals surface area contributed by atoms with Crippen molar-refractivity contribution in [1.82, 2.24) is 4.98 Å². The Bertz CT molecular complexity index is 397. The summed E-state index contributed by atoms with van der Waals surface area (Å²) in [6.45, 7) is 0. The third-order valence-corrected chi connectivity index (χ3v) is 2.00. The van der Waals surface area contributed by atoms with Crippen LogP contribution in [0.4, 0.5) is 11.4 Å². The van der Waals surface area contributed by atoms with E-state index in [1.54, 1.807) is 18.5 Å². The van der Waals surface area contributed by atoms with Crippen LogP contribution in [0.15, 0.2) is 42.7 Å². The number of hydrogen-bond acceptors (Lipinski definition) is 2. The van der Waals surface area contributed by atoms with E-state index in [1.165, 1.54) is 0 Å². The van der Waals surface area contributed by atoms with Crippen molar-refractivity contribution in [2.45, 2.75) is 0 Å². The molecule has 2 rings (SSSR count). The Balaban J connectivity index is -0.000000000576. The Morgan fingerprint density at radius 2 is 0.372 bits per heavy atom. The standard InChI is InChI=1S/C12H10N2.64Y/c1-14(11-6-3-2-4-7-11)12-8-5-9-13-10-12;;;;;;;;;;;;;;;;;;;;;;;;;;;;;;;;;;;;;;;;;;;;;;;;;;;;;;;;;;;;;;;;/h2-6,9-10H,1H3;;;;;;;;;;;;;;;;;;;;;;;;;;;;;;;;;;;;;;;;;;;;;;;;;;;;;;;;;;;;;;;;/q-2;;;;;;;;;;;;;;;;;;;;;;;;;;;;;;;;;;;;;;;;;;;;;;;;;;;;;;;;;;;;;;;;. The van der Waals surface area contributed by atoms with Gasteiger partial charge in [0.1, 0.15) is 0 Å². The van der Waals surface area contributed by atoms with E-state index in [1.807, 2.05) is 36.2 Å². The summed E-state index contributed by atoms with van der Waals surface area (Å²) < 4.78 is 0. The first-order valence-electron chi connectivity index (χ1n) is 4.40. The van der Waals surface area contributed by atoms with Crippen LogP contribution in [0.1, 0.15) is 0 Å². The average molecular weight is 5870 g/mol. The molecule has 2 nitrogen and oxygen atoms in total. The van der Waals surface area contributed by atoms with Gasteiger partial charge in [-0.3, -0.25) is 0 Å². The van der Waals surface area contributed by atoms with E-state index >= 15 is 0 Å². The molecule has 262 valence electrons. The molecule has 0 unspecified atom stereocenters. The van der Waals surface area contributed by atoms with Crippen LogP contribution in [0.2, 0.25) is 0 Å².